The number of likely N-dealkylation sites (tertiary alicyclic amines) is 2. The van der Waals surface area contributed by atoms with E-state index < -0.39 is 23.7 Å². The zero-order valence-corrected chi connectivity index (χ0v) is 17.0. The third-order valence-electron chi connectivity index (χ3n) is 8.31. The number of fused-ring (bicyclic) bond motifs is 1. The van der Waals surface area contributed by atoms with Gasteiger partial charge >= 0.3 is 0 Å². The number of carbonyl (C=O) groups excluding carboxylic acids is 4. The molecule has 4 fully saturated rings. The number of furan rings is 2. The van der Waals surface area contributed by atoms with Crippen molar-refractivity contribution >= 4 is 23.6 Å². The smallest absolute Gasteiger partial charge is 0.234 e. The molecule has 6 aliphatic rings. The van der Waals surface area contributed by atoms with Gasteiger partial charge in [-0.3, -0.25) is 29.0 Å². The van der Waals surface area contributed by atoms with Crippen LogP contribution < -0.4 is 0 Å². The van der Waals surface area contributed by atoms with Crippen molar-refractivity contribution in [2.24, 2.45) is 47.3 Å². The van der Waals surface area contributed by atoms with Crippen molar-refractivity contribution in [3.05, 3.63) is 60.5 Å². The Hall–Kier alpha value is -3.42. The minimum atomic E-state index is -0.461. The van der Waals surface area contributed by atoms with Gasteiger partial charge in [-0.1, -0.05) is 12.2 Å². The van der Waals surface area contributed by atoms with Gasteiger partial charge in [0.05, 0.1) is 49.3 Å². The Morgan fingerprint density at radius 1 is 0.625 bits per heavy atom. The monoisotopic (exact) mass is 432 g/mol. The van der Waals surface area contributed by atoms with Gasteiger partial charge in [0, 0.05) is 0 Å². The van der Waals surface area contributed by atoms with E-state index in [0.717, 1.165) is 0 Å². The van der Waals surface area contributed by atoms with E-state index in [4.69, 9.17) is 8.83 Å². The van der Waals surface area contributed by atoms with E-state index in [9.17, 15) is 19.2 Å². The van der Waals surface area contributed by atoms with Crippen LogP contribution in [0.15, 0.2) is 57.8 Å². The number of hydrogen-bond acceptors (Lipinski definition) is 6. The molecule has 2 bridgehead atoms. The minimum Gasteiger partial charge on any atom is -0.467 e. The first-order valence-electron chi connectivity index (χ1n) is 11.0. The van der Waals surface area contributed by atoms with Crippen molar-refractivity contribution < 1.29 is 28.0 Å². The summed E-state index contributed by atoms with van der Waals surface area (Å²) in [5.41, 5.74) is 0. The molecular formula is C24H20N2O6. The van der Waals surface area contributed by atoms with Crippen molar-refractivity contribution in [2.75, 3.05) is 0 Å². The lowest BCUT2D eigenvalue weighted by atomic mass is 9.40. The average Bonchev–Trinajstić information content (AvgIpc) is 3.54. The van der Waals surface area contributed by atoms with Crippen LogP contribution in [0.25, 0.3) is 0 Å². The van der Waals surface area contributed by atoms with Crippen molar-refractivity contribution in [1.29, 1.82) is 0 Å². The molecule has 2 saturated heterocycles. The normalized spacial score (nSPS) is 38.9. The molecule has 8 nitrogen and oxygen atoms in total. The lowest BCUT2D eigenvalue weighted by Gasteiger charge is -2.60. The number of amides is 4. The first kappa shape index (κ1) is 18.2. The maximum absolute atomic E-state index is 13.3. The minimum absolute atomic E-state index is 0.0744. The summed E-state index contributed by atoms with van der Waals surface area (Å²) >= 11 is 0. The molecule has 8 atom stereocenters. The number of nitrogens with zero attached hydrogens (tertiary/aromatic N) is 2. The van der Waals surface area contributed by atoms with Crippen molar-refractivity contribution in [1.82, 2.24) is 9.80 Å². The Bertz CT molecular complexity index is 1130. The summed E-state index contributed by atoms with van der Waals surface area (Å²) in [5, 5.41) is 0. The van der Waals surface area contributed by atoms with Gasteiger partial charge in [0.1, 0.15) is 11.5 Å². The molecule has 4 amide bonds. The fourth-order valence-corrected chi connectivity index (χ4v) is 7.15. The molecule has 2 aromatic rings. The molecule has 8 rings (SSSR count). The number of allylic oxidation sites excluding steroid dienone is 2. The molecule has 4 heterocycles. The van der Waals surface area contributed by atoms with Crippen LogP contribution in [0.4, 0.5) is 0 Å². The molecule has 162 valence electrons. The van der Waals surface area contributed by atoms with Crippen LogP contribution in [0.1, 0.15) is 11.5 Å². The predicted molar refractivity (Wildman–Crippen MR) is 106 cm³/mol. The van der Waals surface area contributed by atoms with Gasteiger partial charge < -0.3 is 8.83 Å². The molecular weight excluding hydrogens is 412 g/mol. The van der Waals surface area contributed by atoms with Crippen molar-refractivity contribution in [2.45, 2.75) is 13.1 Å². The molecule has 0 radical (unpaired) electrons. The number of rotatable bonds is 4. The Balaban J connectivity index is 1.20. The molecule has 2 aliphatic heterocycles. The predicted octanol–water partition coefficient (Wildman–Crippen LogP) is 1.84. The lowest BCUT2D eigenvalue weighted by Crippen LogP contribution is -2.63. The second-order valence-electron chi connectivity index (χ2n) is 9.48. The van der Waals surface area contributed by atoms with Crippen LogP contribution in [0.5, 0.6) is 0 Å². The van der Waals surface area contributed by atoms with Crippen molar-refractivity contribution in [3.8, 4) is 0 Å². The van der Waals surface area contributed by atoms with E-state index in [2.05, 4.69) is 0 Å². The SMILES string of the molecule is O=C1[C@@H]2[C@H]3C=C[C@@H]([C@@H]2C(=O)N1Cc1ccco1)[C@H]1[C@@H]2C(=O)N(Cc4ccco4)C(=O)[C@@H]2[C@@H]31. The van der Waals surface area contributed by atoms with Gasteiger partial charge in [0.2, 0.25) is 23.6 Å². The molecule has 0 unspecified atom stereocenters. The van der Waals surface area contributed by atoms with E-state index in [1.165, 1.54) is 22.3 Å². The summed E-state index contributed by atoms with van der Waals surface area (Å²) < 4.78 is 10.7. The molecule has 32 heavy (non-hydrogen) atoms. The standard InChI is InChI=1S/C24H20N2O6/c27-21-17-13-5-6-14(18(17)22(28)25(21)9-11-3-1-7-31-11)16-15(13)19-20(16)24(30)26(23(19)29)10-12-4-2-8-32-12/h1-8,13-20H,9-10H2/t13-,14+,15-,16+,17+,18-,19+,20-. The largest absolute Gasteiger partial charge is 0.467 e. The summed E-state index contributed by atoms with van der Waals surface area (Å²) in [7, 11) is 0. The first-order valence-corrected chi connectivity index (χ1v) is 11.0. The maximum atomic E-state index is 13.3. The number of hydrogen-bond donors (Lipinski definition) is 0. The van der Waals surface area contributed by atoms with Gasteiger partial charge in [-0.15, -0.1) is 0 Å². The Morgan fingerprint density at radius 3 is 1.41 bits per heavy atom. The Morgan fingerprint density at radius 2 is 1.03 bits per heavy atom. The van der Waals surface area contributed by atoms with Crippen LogP contribution in [-0.2, 0) is 32.3 Å². The van der Waals surface area contributed by atoms with Gasteiger partial charge in [-0.2, -0.15) is 0 Å². The van der Waals surface area contributed by atoms with Gasteiger partial charge in [0.25, 0.3) is 0 Å². The second kappa shape index (κ2) is 6.09. The number of carbonyl (C=O) groups is 4. The first-order chi connectivity index (χ1) is 15.6. The zero-order valence-electron chi connectivity index (χ0n) is 17.0. The van der Waals surface area contributed by atoms with E-state index >= 15 is 0 Å². The third kappa shape index (κ3) is 2.07. The van der Waals surface area contributed by atoms with Crippen LogP contribution in [0.2, 0.25) is 0 Å². The van der Waals surface area contributed by atoms with Gasteiger partial charge in [-0.25, -0.2) is 0 Å². The Kier molecular flexibility index (Phi) is 3.46. The molecule has 4 aliphatic carbocycles. The molecule has 2 aromatic heterocycles. The van der Waals surface area contributed by atoms with Crippen LogP contribution >= 0.6 is 0 Å². The molecule has 0 aromatic carbocycles. The highest BCUT2D eigenvalue weighted by Crippen LogP contribution is 2.68. The molecule has 0 spiro atoms. The van der Waals surface area contributed by atoms with Gasteiger partial charge in [-0.05, 0) is 47.9 Å². The van der Waals surface area contributed by atoms with Crippen LogP contribution in [0, 0.1) is 47.3 Å². The third-order valence-corrected chi connectivity index (χ3v) is 8.31. The molecule has 0 N–H and O–H groups in total. The van der Waals surface area contributed by atoms with Crippen LogP contribution in [0.3, 0.4) is 0 Å². The lowest BCUT2D eigenvalue weighted by molar-refractivity contribution is -0.166. The molecule has 2 saturated carbocycles. The summed E-state index contributed by atoms with van der Waals surface area (Å²) in [6.07, 6.45) is 7.06. The highest BCUT2D eigenvalue weighted by molar-refractivity contribution is 6.09. The fraction of sp³-hybridized carbons (Fsp3) is 0.417. The molecule has 8 heteroatoms. The highest BCUT2D eigenvalue weighted by atomic mass is 16.3. The zero-order chi connectivity index (χ0) is 21.7. The summed E-state index contributed by atoms with van der Waals surface area (Å²) in [4.78, 5) is 55.6. The quantitative estimate of drug-likeness (QED) is 0.540. The summed E-state index contributed by atoms with van der Waals surface area (Å²) in [5.74, 6) is -1.92. The second-order valence-corrected chi connectivity index (χ2v) is 9.48. The average molecular weight is 432 g/mol. The fourth-order valence-electron chi connectivity index (χ4n) is 7.15. The number of imide groups is 2. The van der Waals surface area contributed by atoms with E-state index in [1.807, 2.05) is 12.2 Å². The summed E-state index contributed by atoms with van der Waals surface area (Å²) in [6, 6.07) is 6.94. The van der Waals surface area contributed by atoms with E-state index in [0.29, 0.717) is 11.5 Å². The van der Waals surface area contributed by atoms with Gasteiger partial charge in [0.15, 0.2) is 0 Å². The summed E-state index contributed by atoms with van der Waals surface area (Å²) in [6.45, 7) is 0.246. The van der Waals surface area contributed by atoms with Crippen LogP contribution in [-0.4, -0.2) is 33.4 Å². The topological polar surface area (TPSA) is 101 Å². The Labute approximate surface area is 182 Å². The maximum Gasteiger partial charge on any atom is 0.234 e. The van der Waals surface area contributed by atoms with E-state index in [-0.39, 0.29) is 60.4 Å². The van der Waals surface area contributed by atoms with E-state index in [1.54, 1.807) is 24.3 Å². The van der Waals surface area contributed by atoms with Crippen molar-refractivity contribution in [3.63, 3.8) is 0 Å². The highest BCUT2D eigenvalue weighted by Gasteiger charge is 2.74.